The van der Waals surface area contributed by atoms with E-state index < -0.39 is 0 Å². The van der Waals surface area contributed by atoms with Crippen molar-refractivity contribution in [1.29, 1.82) is 0 Å². The average Bonchev–Trinajstić information content (AvgIpc) is 3.04. The van der Waals surface area contributed by atoms with Crippen LogP contribution in [0.2, 0.25) is 0 Å². The Kier molecular flexibility index (Phi) is 6.58. The van der Waals surface area contributed by atoms with Crippen LogP contribution in [-0.4, -0.2) is 33.5 Å². The third-order valence-electron chi connectivity index (χ3n) is 13.5. The van der Waals surface area contributed by atoms with E-state index in [0.29, 0.717) is 47.7 Å². The Bertz CT molecular complexity index is 1510. The molecular formula is C41H47O3. The molecule has 8 saturated carbocycles. The SMILES string of the molecule is COc1c(-c2ccccc2)c(C23CC4CC(C2)C(OC)C(C4)C3)[c]c(-c2ccccc2)c1C1C2CC3CC(C2)C(OC)C1C3. The van der Waals surface area contributed by atoms with Crippen LogP contribution >= 0.6 is 0 Å². The summed E-state index contributed by atoms with van der Waals surface area (Å²) in [7, 11) is 5.85. The van der Waals surface area contributed by atoms with Crippen molar-refractivity contribution >= 4 is 0 Å². The Balaban J connectivity index is 1.31. The fraction of sp³-hybridized carbons (Fsp3) is 0.561. The van der Waals surface area contributed by atoms with Crippen molar-refractivity contribution < 1.29 is 14.2 Å². The monoisotopic (exact) mass is 587 g/mol. The first kappa shape index (κ1) is 27.7. The van der Waals surface area contributed by atoms with Gasteiger partial charge in [0.05, 0.1) is 19.3 Å². The van der Waals surface area contributed by atoms with Crippen LogP contribution in [-0.2, 0) is 14.9 Å². The third kappa shape index (κ3) is 4.00. The molecule has 0 heterocycles. The highest BCUT2D eigenvalue weighted by Gasteiger charge is 2.58. The highest BCUT2D eigenvalue weighted by Crippen LogP contribution is 2.66. The molecule has 3 nitrogen and oxygen atoms in total. The normalized spacial score (nSPS) is 39.6. The van der Waals surface area contributed by atoms with Crippen LogP contribution < -0.4 is 4.74 Å². The van der Waals surface area contributed by atoms with Gasteiger partial charge >= 0.3 is 0 Å². The Morgan fingerprint density at radius 3 is 1.93 bits per heavy atom. The minimum absolute atomic E-state index is 0.116. The van der Waals surface area contributed by atoms with Gasteiger partial charge in [-0.2, -0.15) is 0 Å². The van der Waals surface area contributed by atoms with Crippen molar-refractivity contribution in [3.05, 3.63) is 77.9 Å². The van der Waals surface area contributed by atoms with E-state index in [2.05, 4.69) is 66.7 Å². The molecule has 8 fully saturated rings. The fourth-order valence-electron chi connectivity index (χ4n) is 12.6. The van der Waals surface area contributed by atoms with E-state index in [4.69, 9.17) is 14.2 Å². The second-order valence-electron chi connectivity index (χ2n) is 15.6. The van der Waals surface area contributed by atoms with Gasteiger partial charge in [-0.1, -0.05) is 60.7 Å². The quantitative estimate of drug-likeness (QED) is 0.276. The lowest BCUT2D eigenvalue weighted by Crippen LogP contribution is -2.56. The number of hydrogen-bond acceptors (Lipinski definition) is 3. The molecule has 0 N–H and O–H groups in total. The van der Waals surface area contributed by atoms with E-state index in [0.717, 1.165) is 17.6 Å². The molecular weight excluding hydrogens is 540 g/mol. The Labute approximate surface area is 263 Å². The molecule has 11 rings (SSSR count). The van der Waals surface area contributed by atoms with E-state index in [1.54, 1.807) is 0 Å². The molecule has 3 aromatic rings. The number of methoxy groups -OCH3 is 3. The molecule has 8 aliphatic carbocycles. The first-order valence-corrected chi connectivity index (χ1v) is 17.4. The number of rotatable bonds is 7. The second kappa shape index (κ2) is 10.5. The van der Waals surface area contributed by atoms with Crippen LogP contribution in [0, 0.1) is 47.5 Å². The van der Waals surface area contributed by atoms with Gasteiger partial charge in [-0.15, -0.1) is 0 Å². The standard InChI is InChI=1S/C41H47O3/c1-42-38-30-16-25-17-31(38)23-41(21-25,22-30)34-20-32(26-10-6-4-7-11-26)37(40(44-3)36(34)27-12-8-5-9-13-27)35-28-14-24-15-29(19-28)39(43-2)33(35)18-24/h4-13,24-25,28-31,33,35,38-39H,14-19,21-23H2,1-3H3. The zero-order valence-electron chi connectivity index (χ0n) is 26.6. The molecule has 8 atom stereocenters. The molecule has 3 aromatic carbocycles. The summed E-state index contributed by atoms with van der Waals surface area (Å²) in [6.07, 6.45) is 12.3. The van der Waals surface area contributed by atoms with Gasteiger partial charge in [-0.05, 0) is 139 Å². The molecule has 44 heavy (non-hydrogen) atoms. The zero-order valence-corrected chi connectivity index (χ0v) is 26.6. The van der Waals surface area contributed by atoms with Crippen LogP contribution in [0.1, 0.15) is 74.8 Å². The predicted octanol–water partition coefficient (Wildman–Crippen LogP) is 9.09. The second-order valence-corrected chi connectivity index (χ2v) is 15.6. The smallest absolute Gasteiger partial charge is 0.131 e. The van der Waals surface area contributed by atoms with Crippen molar-refractivity contribution in [2.75, 3.05) is 21.3 Å². The predicted molar refractivity (Wildman–Crippen MR) is 175 cm³/mol. The fourth-order valence-corrected chi connectivity index (χ4v) is 12.6. The summed E-state index contributed by atoms with van der Waals surface area (Å²) in [5.74, 6) is 6.41. The number of ether oxygens (including phenoxy) is 3. The molecule has 0 amide bonds. The Morgan fingerprint density at radius 2 is 1.27 bits per heavy atom. The van der Waals surface area contributed by atoms with Crippen LogP contribution in [0.25, 0.3) is 22.3 Å². The number of hydrogen-bond donors (Lipinski definition) is 0. The summed E-state index contributed by atoms with van der Waals surface area (Å²) in [4.78, 5) is 0. The lowest BCUT2D eigenvalue weighted by molar-refractivity contribution is -0.124. The summed E-state index contributed by atoms with van der Waals surface area (Å²) in [6.45, 7) is 0. The van der Waals surface area contributed by atoms with Crippen LogP contribution in [0.3, 0.4) is 0 Å². The summed E-state index contributed by atoms with van der Waals surface area (Å²) in [5, 5.41) is 0. The molecule has 0 aromatic heterocycles. The third-order valence-corrected chi connectivity index (χ3v) is 13.5. The topological polar surface area (TPSA) is 27.7 Å². The minimum atomic E-state index is 0.116. The van der Waals surface area contributed by atoms with Gasteiger partial charge in [-0.25, -0.2) is 0 Å². The zero-order chi connectivity index (χ0) is 29.6. The first-order valence-electron chi connectivity index (χ1n) is 17.4. The van der Waals surface area contributed by atoms with Gasteiger partial charge in [-0.3, -0.25) is 0 Å². The van der Waals surface area contributed by atoms with Crippen LogP contribution in [0.4, 0.5) is 0 Å². The Hall–Kier alpha value is -2.62. The maximum Gasteiger partial charge on any atom is 0.131 e. The summed E-state index contributed by atoms with van der Waals surface area (Å²) in [6, 6.07) is 26.7. The highest BCUT2D eigenvalue weighted by atomic mass is 16.5. The van der Waals surface area contributed by atoms with Crippen molar-refractivity contribution in [2.45, 2.75) is 81.3 Å². The van der Waals surface area contributed by atoms with Crippen molar-refractivity contribution in [1.82, 2.24) is 0 Å². The maximum absolute atomic E-state index is 6.78. The van der Waals surface area contributed by atoms with E-state index in [9.17, 15) is 0 Å². The van der Waals surface area contributed by atoms with Gasteiger partial charge in [0, 0.05) is 25.3 Å². The minimum Gasteiger partial charge on any atom is -0.496 e. The summed E-state index contributed by atoms with van der Waals surface area (Å²) in [5.41, 5.74) is 8.13. The highest BCUT2D eigenvalue weighted by molar-refractivity contribution is 5.84. The lowest BCUT2D eigenvalue weighted by Gasteiger charge is -2.60. The van der Waals surface area contributed by atoms with Crippen LogP contribution in [0.15, 0.2) is 60.7 Å². The van der Waals surface area contributed by atoms with Crippen molar-refractivity contribution in [3.63, 3.8) is 0 Å². The molecule has 8 bridgehead atoms. The lowest BCUT2D eigenvalue weighted by atomic mass is 9.46. The van der Waals surface area contributed by atoms with E-state index >= 15 is 0 Å². The number of benzene rings is 3. The molecule has 0 aliphatic heterocycles. The van der Waals surface area contributed by atoms with Gasteiger partial charge in [0.15, 0.2) is 0 Å². The van der Waals surface area contributed by atoms with Gasteiger partial charge in [0.1, 0.15) is 5.75 Å². The summed E-state index contributed by atoms with van der Waals surface area (Å²) >= 11 is 0. The molecule has 8 unspecified atom stereocenters. The molecule has 0 saturated heterocycles. The maximum atomic E-state index is 6.78. The van der Waals surface area contributed by atoms with Gasteiger partial charge < -0.3 is 14.2 Å². The van der Waals surface area contributed by atoms with E-state index in [1.807, 2.05) is 21.3 Å². The van der Waals surface area contributed by atoms with Gasteiger partial charge in [0.2, 0.25) is 0 Å². The first-order chi connectivity index (χ1) is 21.6. The van der Waals surface area contributed by atoms with E-state index in [-0.39, 0.29) is 5.41 Å². The molecule has 229 valence electrons. The van der Waals surface area contributed by atoms with Crippen LogP contribution in [0.5, 0.6) is 5.75 Å². The van der Waals surface area contributed by atoms with Crippen molar-refractivity contribution in [3.8, 4) is 28.0 Å². The summed E-state index contributed by atoms with van der Waals surface area (Å²) < 4.78 is 19.3. The van der Waals surface area contributed by atoms with Gasteiger partial charge in [0.25, 0.3) is 0 Å². The Morgan fingerprint density at radius 1 is 0.636 bits per heavy atom. The molecule has 1 radical (unpaired) electrons. The van der Waals surface area contributed by atoms with E-state index in [1.165, 1.54) is 91.2 Å². The average molecular weight is 588 g/mol. The molecule has 3 heteroatoms. The molecule has 0 spiro atoms. The largest absolute Gasteiger partial charge is 0.496 e. The molecule has 8 aliphatic rings. The van der Waals surface area contributed by atoms with Crippen molar-refractivity contribution in [2.24, 2.45) is 41.4 Å².